The highest BCUT2D eigenvalue weighted by Crippen LogP contribution is 2.49. The van der Waals surface area contributed by atoms with Crippen molar-refractivity contribution in [3.63, 3.8) is 0 Å². The maximum Gasteiger partial charge on any atom is 0.240 e. The predicted molar refractivity (Wildman–Crippen MR) is 79.8 cm³/mol. The number of benzene rings is 1. The lowest BCUT2D eigenvalue weighted by Crippen LogP contribution is -2.65. The number of hydrogen-bond acceptors (Lipinski definition) is 6. The van der Waals surface area contributed by atoms with Gasteiger partial charge in [0.2, 0.25) is 16.8 Å². The van der Waals surface area contributed by atoms with Gasteiger partial charge in [0.1, 0.15) is 0 Å². The number of aliphatic hydroxyl groups is 1. The number of fused-ring (bicyclic) bond motifs is 1. The molecule has 2 heterocycles. The summed E-state index contributed by atoms with van der Waals surface area (Å²) in [4.78, 5) is 0.144. The first-order valence-electron chi connectivity index (χ1n) is 7.69. The summed E-state index contributed by atoms with van der Waals surface area (Å²) in [5.41, 5.74) is -0.401. The molecule has 0 unspecified atom stereocenters. The fraction of sp³-hybridized carbons (Fsp3) is 0.600. The first-order chi connectivity index (χ1) is 11.0. The van der Waals surface area contributed by atoms with E-state index in [9.17, 15) is 13.5 Å². The highest BCUT2D eigenvalue weighted by Gasteiger charge is 2.56. The maximum absolute atomic E-state index is 12.6. The number of hydrogen-bond donors (Lipinski definition) is 2. The Morgan fingerprint density at radius 1 is 1.17 bits per heavy atom. The largest absolute Gasteiger partial charge is 0.454 e. The Bertz CT molecular complexity index is 713. The summed E-state index contributed by atoms with van der Waals surface area (Å²) in [5.74, 6) is 0.978. The number of ether oxygens (including phenoxy) is 3. The van der Waals surface area contributed by atoms with Crippen molar-refractivity contribution in [2.75, 3.05) is 20.0 Å². The van der Waals surface area contributed by atoms with Crippen LogP contribution in [0.25, 0.3) is 0 Å². The lowest BCUT2D eigenvalue weighted by Gasteiger charge is -2.55. The van der Waals surface area contributed by atoms with Crippen LogP contribution in [0.3, 0.4) is 0 Å². The predicted octanol–water partition coefficient (Wildman–Crippen LogP) is 0.624. The Kier molecular flexibility index (Phi) is 3.53. The molecular formula is C15H19NO6S. The van der Waals surface area contributed by atoms with Gasteiger partial charge in [0.25, 0.3) is 0 Å². The van der Waals surface area contributed by atoms with E-state index >= 15 is 0 Å². The third-order valence-electron chi connectivity index (χ3n) is 5.19. The normalized spacial score (nSPS) is 28.6. The van der Waals surface area contributed by atoms with Crippen molar-refractivity contribution >= 4 is 10.0 Å². The number of nitrogens with one attached hydrogen (secondary N) is 1. The highest BCUT2D eigenvalue weighted by molar-refractivity contribution is 7.89. The van der Waals surface area contributed by atoms with Crippen LogP contribution in [0, 0.1) is 5.41 Å². The van der Waals surface area contributed by atoms with E-state index in [0.29, 0.717) is 44.0 Å². The second kappa shape index (κ2) is 5.34. The second-order valence-corrected chi connectivity index (χ2v) is 8.00. The molecular weight excluding hydrogens is 322 g/mol. The highest BCUT2D eigenvalue weighted by atomic mass is 32.2. The molecule has 1 aliphatic carbocycles. The van der Waals surface area contributed by atoms with Gasteiger partial charge in [0.05, 0.1) is 11.0 Å². The molecule has 1 saturated carbocycles. The third kappa shape index (κ3) is 2.40. The lowest BCUT2D eigenvalue weighted by atomic mass is 9.58. The summed E-state index contributed by atoms with van der Waals surface area (Å²) < 4.78 is 43.8. The van der Waals surface area contributed by atoms with Crippen LogP contribution in [0.15, 0.2) is 23.1 Å². The van der Waals surface area contributed by atoms with Gasteiger partial charge >= 0.3 is 0 Å². The Labute approximate surface area is 134 Å². The molecule has 1 saturated heterocycles. The zero-order valence-electron chi connectivity index (χ0n) is 12.5. The van der Waals surface area contributed by atoms with Crippen LogP contribution < -0.4 is 14.2 Å². The minimum atomic E-state index is -3.68. The molecule has 126 valence electrons. The summed E-state index contributed by atoms with van der Waals surface area (Å²) >= 11 is 0. The minimum absolute atomic E-state index is 0.101. The summed E-state index contributed by atoms with van der Waals surface area (Å²) in [5, 5.41) is 10.2. The molecule has 1 aromatic carbocycles. The first-order valence-corrected chi connectivity index (χ1v) is 9.17. The van der Waals surface area contributed by atoms with Crippen molar-refractivity contribution < 1.29 is 27.7 Å². The van der Waals surface area contributed by atoms with E-state index in [2.05, 4.69) is 4.72 Å². The van der Waals surface area contributed by atoms with Crippen LogP contribution in [0.2, 0.25) is 0 Å². The van der Waals surface area contributed by atoms with Gasteiger partial charge in [0.15, 0.2) is 11.5 Å². The monoisotopic (exact) mass is 341 g/mol. The number of sulfonamides is 1. The zero-order chi connectivity index (χ0) is 16.1. The molecule has 23 heavy (non-hydrogen) atoms. The van der Waals surface area contributed by atoms with Gasteiger partial charge in [-0.05, 0) is 31.4 Å². The van der Waals surface area contributed by atoms with Crippen molar-refractivity contribution in [2.24, 2.45) is 5.41 Å². The standard InChI is InChI=1S/C15H19NO6S/c17-14-8-13(15(14)3-5-20-6-4-15)16-23(18,19)10-1-2-11-12(7-10)22-9-21-11/h1-2,7,13-14,16-17H,3-6,8-9H2/t13-,14-/m1/s1. The summed E-state index contributed by atoms with van der Waals surface area (Å²) in [7, 11) is -3.68. The quantitative estimate of drug-likeness (QED) is 0.837. The van der Waals surface area contributed by atoms with Crippen LogP contribution in [-0.4, -0.2) is 45.7 Å². The van der Waals surface area contributed by atoms with Crippen molar-refractivity contribution in [2.45, 2.75) is 36.3 Å². The fourth-order valence-electron chi connectivity index (χ4n) is 3.66. The molecule has 0 amide bonds. The molecule has 1 aromatic rings. The molecule has 7 nitrogen and oxygen atoms in total. The van der Waals surface area contributed by atoms with E-state index in [1.807, 2.05) is 0 Å². The number of aliphatic hydroxyl groups excluding tert-OH is 1. The molecule has 3 aliphatic rings. The lowest BCUT2D eigenvalue weighted by molar-refractivity contribution is -0.143. The molecule has 8 heteroatoms. The zero-order valence-corrected chi connectivity index (χ0v) is 13.3. The average Bonchev–Trinajstić information content (AvgIpc) is 3.03. The smallest absolute Gasteiger partial charge is 0.240 e. The van der Waals surface area contributed by atoms with E-state index in [0.717, 1.165) is 0 Å². The molecule has 0 aromatic heterocycles. The molecule has 2 fully saturated rings. The Morgan fingerprint density at radius 3 is 2.65 bits per heavy atom. The van der Waals surface area contributed by atoms with E-state index in [1.54, 1.807) is 6.07 Å². The molecule has 0 bridgehead atoms. The van der Waals surface area contributed by atoms with E-state index in [4.69, 9.17) is 14.2 Å². The average molecular weight is 341 g/mol. The van der Waals surface area contributed by atoms with Crippen LogP contribution >= 0.6 is 0 Å². The first kappa shape index (κ1) is 15.2. The van der Waals surface area contributed by atoms with Gasteiger partial charge in [-0.25, -0.2) is 13.1 Å². The Hall–Kier alpha value is -1.35. The third-order valence-corrected chi connectivity index (χ3v) is 6.66. The van der Waals surface area contributed by atoms with Crippen molar-refractivity contribution in [3.8, 4) is 11.5 Å². The van der Waals surface area contributed by atoms with Crippen LogP contribution in [0.5, 0.6) is 11.5 Å². The van der Waals surface area contributed by atoms with Gasteiger partial charge in [-0.2, -0.15) is 0 Å². The number of rotatable bonds is 3. The Morgan fingerprint density at radius 2 is 1.91 bits per heavy atom. The van der Waals surface area contributed by atoms with Crippen LogP contribution in [0.4, 0.5) is 0 Å². The van der Waals surface area contributed by atoms with E-state index in [-0.39, 0.29) is 17.7 Å². The maximum atomic E-state index is 12.6. The van der Waals surface area contributed by atoms with Gasteiger partial charge < -0.3 is 19.3 Å². The topological polar surface area (TPSA) is 94.1 Å². The summed E-state index contributed by atoms with van der Waals surface area (Å²) in [6, 6.07) is 4.30. The Balaban J connectivity index is 1.56. The molecule has 4 rings (SSSR count). The van der Waals surface area contributed by atoms with Crippen molar-refractivity contribution in [1.29, 1.82) is 0 Å². The summed E-state index contributed by atoms with van der Waals surface area (Å²) in [6.07, 6.45) is 1.30. The van der Waals surface area contributed by atoms with Gasteiger partial charge in [-0.3, -0.25) is 0 Å². The molecule has 2 atom stereocenters. The second-order valence-electron chi connectivity index (χ2n) is 6.29. The van der Waals surface area contributed by atoms with Gasteiger partial charge in [0, 0.05) is 30.7 Å². The molecule has 2 aliphatic heterocycles. The molecule has 1 spiro atoms. The molecule has 0 radical (unpaired) electrons. The minimum Gasteiger partial charge on any atom is -0.454 e. The van der Waals surface area contributed by atoms with E-state index in [1.165, 1.54) is 12.1 Å². The van der Waals surface area contributed by atoms with E-state index < -0.39 is 21.5 Å². The summed E-state index contributed by atoms with van der Waals surface area (Å²) in [6.45, 7) is 1.21. The SMILES string of the molecule is O=S(=O)(N[C@@H]1C[C@@H](O)C12CCOCC2)c1ccc2c(c1)OCO2. The molecule has 2 N–H and O–H groups in total. The van der Waals surface area contributed by atoms with Crippen molar-refractivity contribution in [3.05, 3.63) is 18.2 Å². The fourth-order valence-corrected chi connectivity index (χ4v) is 5.01. The van der Waals surface area contributed by atoms with Gasteiger partial charge in [-0.15, -0.1) is 0 Å². The van der Waals surface area contributed by atoms with Gasteiger partial charge in [-0.1, -0.05) is 0 Å². The van der Waals surface area contributed by atoms with Crippen molar-refractivity contribution in [1.82, 2.24) is 4.72 Å². The van der Waals surface area contributed by atoms with Crippen LogP contribution in [-0.2, 0) is 14.8 Å². The van der Waals surface area contributed by atoms with Crippen LogP contribution in [0.1, 0.15) is 19.3 Å².